The Balaban J connectivity index is 1.61. The van der Waals surface area contributed by atoms with Crippen LogP contribution < -0.4 is 20.1 Å². The lowest BCUT2D eigenvalue weighted by molar-refractivity contribution is -0.123. The van der Waals surface area contributed by atoms with Crippen molar-refractivity contribution in [2.45, 2.75) is 46.1 Å². The predicted octanol–water partition coefficient (Wildman–Crippen LogP) is 6.31. The molecule has 6 nitrogen and oxygen atoms in total. The summed E-state index contributed by atoms with van der Waals surface area (Å²) in [5, 5.41) is 16.0. The van der Waals surface area contributed by atoms with Gasteiger partial charge in [-0.3, -0.25) is 4.79 Å². The lowest BCUT2D eigenvalue weighted by Crippen LogP contribution is -2.33. The summed E-state index contributed by atoms with van der Waals surface area (Å²) in [6.07, 6.45) is 1.63. The summed E-state index contributed by atoms with van der Waals surface area (Å²) in [5.41, 5.74) is 2.83. The molecule has 0 spiro atoms. The number of phenols is 1. The average Bonchev–Trinajstić information content (AvgIpc) is 2.81. The number of ether oxygens (including phenoxy) is 2. The number of aromatic hydroxyl groups is 1. The maximum atomic E-state index is 13.3. The molecule has 1 atom stereocenters. The summed E-state index contributed by atoms with van der Waals surface area (Å²) >= 11 is 0. The number of carbonyl (C=O) groups excluding carboxylic acids is 1. The molecular weight excluding hydrogens is 454 g/mol. The third kappa shape index (κ3) is 7.34. The van der Waals surface area contributed by atoms with Crippen LogP contribution >= 0.6 is 0 Å². The lowest BCUT2D eigenvalue weighted by Gasteiger charge is -2.20. The van der Waals surface area contributed by atoms with Gasteiger partial charge < -0.3 is 25.2 Å². The molecule has 3 aromatic rings. The number of halogens is 2. The van der Waals surface area contributed by atoms with Crippen LogP contribution in [-0.2, 0) is 4.79 Å². The number of hydrogen-bond donors (Lipinski definition) is 3. The van der Waals surface area contributed by atoms with Crippen LogP contribution in [0.1, 0.15) is 37.3 Å². The van der Waals surface area contributed by atoms with Gasteiger partial charge in [0.2, 0.25) is 0 Å². The normalized spacial score (nSPS) is 11.6. The van der Waals surface area contributed by atoms with Gasteiger partial charge in [0.05, 0.1) is 5.69 Å². The molecule has 0 heterocycles. The van der Waals surface area contributed by atoms with E-state index in [0.29, 0.717) is 23.5 Å². The Morgan fingerprint density at radius 1 is 1.03 bits per heavy atom. The van der Waals surface area contributed by atoms with Crippen LogP contribution in [-0.4, -0.2) is 23.8 Å². The fourth-order valence-corrected chi connectivity index (χ4v) is 3.46. The van der Waals surface area contributed by atoms with Gasteiger partial charge in [-0.15, -0.1) is 0 Å². The summed E-state index contributed by atoms with van der Waals surface area (Å²) in [6, 6.07) is 13.6. The van der Waals surface area contributed by atoms with Crippen molar-refractivity contribution in [3.05, 3.63) is 77.4 Å². The van der Waals surface area contributed by atoms with Crippen molar-refractivity contribution >= 4 is 17.3 Å². The summed E-state index contributed by atoms with van der Waals surface area (Å²) in [4.78, 5) is 13.0. The molecule has 3 N–H and O–H groups in total. The summed E-state index contributed by atoms with van der Waals surface area (Å²) in [7, 11) is 0. The molecule has 186 valence electrons. The van der Waals surface area contributed by atoms with Crippen LogP contribution in [0, 0.1) is 25.5 Å². The Bertz CT molecular complexity index is 1170. The Morgan fingerprint density at radius 3 is 2.51 bits per heavy atom. The van der Waals surface area contributed by atoms with E-state index in [-0.39, 0.29) is 24.1 Å². The number of nitrogens with one attached hydrogen (secondary N) is 2. The quantitative estimate of drug-likeness (QED) is 0.219. The fraction of sp³-hybridized carbons (Fsp3) is 0.296. The zero-order valence-corrected chi connectivity index (χ0v) is 20.0. The van der Waals surface area contributed by atoms with E-state index in [9.17, 15) is 18.7 Å². The molecule has 8 heteroatoms. The highest BCUT2D eigenvalue weighted by atomic mass is 19.2. The van der Waals surface area contributed by atoms with E-state index in [0.717, 1.165) is 36.1 Å². The van der Waals surface area contributed by atoms with Gasteiger partial charge in [-0.2, -0.15) is 0 Å². The van der Waals surface area contributed by atoms with E-state index in [4.69, 9.17) is 9.47 Å². The van der Waals surface area contributed by atoms with E-state index in [1.807, 2.05) is 39.0 Å². The number of rotatable bonds is 11. The first-order chi connectivity index (χ1) is 16.8. The Morgan fingerprint density at radius 2 is 1.83 bits per heavy atom. The molecule has 0 aliphatic carbocycles. The molecule has 0 aromatic heterocycles. The zero-order chi connectivity index (χ0) is 25.4. The fourth-order valence-electron chi connectivity index (χ4n) is 3.46. The largest absolute Gasteiger partial charge is 0.506 e. The summed E-state index contributed by atoms with van der Waals surface area (Å²) in [6.45, 7) is 5.90. The minimum atomic E-state index is -1.01. The highest BCUT2D eigenvalue weighted by molar-refractivity contribution is 5.94. The number of unbranched alkanes of at least 4 members (excludes halogenated alkanes) is 1. The van der Waals surface area contributed by atoms with Crippen molar-refractivity contribution in [1.29, 1.82) is 0 Å². The Hall–Kier alpha value is -3.81. The highest BCUT2D eigenvalue weighted by Gasteiger charge is 2.21. The zero-order valence-electron chi connectivity index (χ0n) is 20.0. The van der Waals surface area contributed by atoms with Crippen LogP contribution in [0.3, 0.4) is 0 Å². The first-order valence-electron chi connectivity index (χ1n) is 11.5. The number of anilines is 2. The number of hydrogen-bond acceptors (Lipinski definition) is 5. The highest BCUT2D eigenvalue weighted by Crippen LogP contribution is 2.28. The van der Waals surface area contributed by atoms with E-state index in [1.54, 1.807) is 12.1 Å². The molecule has 0 aliphatic rings. The van der Waals surface area contributed by atoms with E-state index in [1.165, 1.54) is 12.1 Å². The van der Waals surface area contributed by atoms with Crippen molar-refractivity contribution in [2.75, 3.05) is 17.4 Å². The molecule has 35 heavy (non-hydrogen) atoms. The molecule has 0 aliphatic heterocycles. The van der Waals surface area contributed by atoms with Gasteiger partial charge in [-0.1, -0.05) is 31.0 Å². The van der Waals surface area contributed by atoms with Gasteiger partial charge in [0.25, 0.3) is 5.91 Å². The standard InChI is InChI=1S/C27H30F2N2O4/c1-4-5-6-26(35-25-12-7-17(2)13-18(25)3)27(33)31-19-8-11-23(24(32)14-19)30-16-34-20-9-10-21(28)22(29)15-20/h7-15,26,30,32H,4-6,16H2,1-3H3,(H,31,33). The number of phenolic OH excluding ortho intramolecular Hbond substituents is 1. The SMILES string of the molecule is CCCCC(Oc1ccc(C)cc1C)C(=O)Nc1ccc(NCOc2ccc(F)c(F)c2)c(O)c1. The van der Waals surface area contributed by atoms with Gasteiger partial charge >= 0.3 is 0 Å². The Labute approximate surface area is 203 Å². The van der Waals surface area contributed by atoms with Crippen molar-refractivity contribution in [3.63, 3.8) is 0 Å². The first-order valence-corrected chi connectivity index (χ1v) is 11.5. The van der Waals surface area contributed by atoms with Crippen LogP contribution in [0.2, 0.25) is 0 Å². The molecule has 0 fully saturated rings. The minimum Gasteiger partial charge on any atom is -0.506 e. The molecule has 1 amide bonds. The van der Waals surface area contributed by atoms with Crippen LogP contribution in [0.5, 0.6) is 17.2 Å². The molecule has 0 saturated carbocycles. The van der Waals surface area contributed by atoms with Gasteiger partial charge in [-0.25, -0.2) is 8.78 Å². The predicted molar refractivity (Wildman–Crippen MR) is 132 cm³/mol. The van der Waals surface area contributed by atoms with E-state index in [2.05, 4.69) is 10.6 Å². The molecular formula is C27H30F2N2O4. The first kappa shape index (κ1) is 25.8. The van der Waals surface area contributed by atoms with E-state index < -0.39 is 17.7 Å². The Kier molecular flexibility index (Phi) is 8.89. The van der Waals surface area contributed by atoms with E-state index >= 15 is 0 Å². The second kappa shape index (κ2) is 12.1. The molecule has 3 rings (SSSR count). The number of carbonyl (C=O) groups is 1. The third-order valence-corrected chi connectivity index (χ3v) is 5.37. The van der Waals surface area contributed by atoms with Crippen LogP contribution in [0.25, 0.3) is 0 Å². The topological polar surface area (TPSA) is 79.8 Å². The number of aryl methyl sites for hydroxylation is 2. The molecule has 3 aromatic carbocycles. The lowest BCUT2D eigenvalue weighted by atomic mass is 10.1. The van der Waals surface area contributed by atoms with Gasteiger partial charge in [0.15, 0.2) is 24.5 Å². The van der Waals surface area contributed by atoms with Crippen molar-refractivity contribution in [1.82, 2.24) is 0 Å². The van der Waals surface area contributed by atoms with Crippen molar-refractivity contribution < 1.29 is 28.2 Å². The van der Waals surface area contributed by atoms with Crippen molar-refractivity contribution in [3.8, 4) is 17.2 Å². The minimum absolute atomic E-state index is 0.0901. The molecule has 0 radical (unpaired) electrons. The maximum Gasteiger partial charge on any atom is 0.265 e. The molecule has 1 unspecified atom stereocenters. The smallest absolute Gasteiger partial charge is 0.265 e. The second-order valence-corrected chi connectivity index (χ2v) is 8.28. The van der Waals surface area contributed by atoms with Gasteiger partial charge in [0, 0.05) is 17.8 Å². The van der Waals surface area contributed by atoms with Crippen molar-refractivity contribution in [2.24, 2.45) is 0 Å². The molecule has 0 bridgehead atoms. The third-order valence-electron chi connectivity index (χ3n) is 5.37. The summed E-state index contributed by atoms with van der Waals surface area (Å²) < 4.78 is 37.6. The van der Waals surface area contributed by atoms with Crippen LogP contribution in [0.15, 0.2) is 54.6 Å². The number of benzene rings is 3. The number of amides is 1. The van der Waals surface area contributed by atoms with Gasteiger partial charge in [-0.05, 0) is 62.6 Å². The van der Waals surface area contributed by atoms with Gasteiger partial charge in [0.1, 0.15) is 17.2 Å². The monoisotopic (exact) mass is 484 g/mol. The second-order valence-electron chi connectivity index (χ2n) is 8.28. The average molecular weight is 485 g/mol. The van der Waals surface area contributed by atoms with Crippen LogP contribution in [0.4, 0.5) is 20.2 Å². The summed E-state index contributed by atoms with van der Waals surface area (Å²) in [5.74, 6) is -1.59. The maximum absolute atomic E-state index is 13.3. The molecule has 0 saturated heterocycles.